The first-order valence-electron chi connectivity index (χ1n) is 6.72. The van der Waals surface area contributed by atoms with Crippen molar-refractivity contribution in [1.29, 1.82) is 0 Å². The predicted octanol–water partition coefficient (Wildman–Crippen LogP) is 3.65. The van der Waals surface area contributed by atoms with Crippen molar-refractivity contribution in [3.63, 3.8) is 0 Å². The van der Waals surface area contributed by atoms with Gasteiger partial charge in [-0.2, -0.15) is 11.8 Å². The summed E-state index contributed by atoms with van der Waals surface area (Å²) >= 11 is 5.15. The van der Waals surface area contributed by atoms with Gasteiger partial charge in [-0.1, -0.05) is 12.8 Å². The minimum atomic E-state index is -0.772. The van der Waals surface area contributed by atoms with Crippen molar-refractivity contribution in [2.45, 2.75) is 43.1 Å². The van der Waals surface area contributed by atoms with E-state index in [-0.39, 0.29) is 12.8 Å². The second-order valence-electron chi connectivity index (χ2n) is 4.30. The molecule has 0 saturated heterocycles. The normalized spacial score (nSPS) is 10.9. The third-order valence-electron chi connectivity index (χ3n) is 2.53. The summed E-state index contributed by atoms with van der Waals surface area (Å²) in [6.45, 7) is 0. The van der Waals surface area contributed by atoms with Crippen LogP contribution in [0.2, 0.25) is 0 Å². The lowest BCUT2D eigenvalue weighted by Crippen LogP contribution is -2.05. The Balaban J connectivity index is 3.84. The van der Waals surface area contributed by atoms with E-state index in [0.717, 1.165) is 12.8 Å². The Morgan fingerprint density at radius 2 is 1.45 bits per heavy atom. The number of thioether (sulfide) groups is 3. The van der Waals surface area contributed by atoms with Gasteiger partial charge in [0.15, 0.2) is 0 Å². The maximum Gasteiger partial charge on any atom is 0.304 e. The zero-order valence-electron chi connectivity index (χ0n) is 11.9. The molecule has 118 valence electrons. The molecule has 20 heavy (non-hydrogen) atoms. The van der Waals surface area contributed by atoms with Crippen LogP contribution in [-0.2, 0) is 9.59 Å². The van der Waals surface area contributed by atoms with Gasteiger partial charge in [0, 0.05) is 11.5 Å². The maximum atomic E-state index is 10.5. The first kappa shape index (κ1) is 20.0. The summed E-state index contributed by atoms with van der Waals surface area (Å²) in [5.74, 6) is 0.845. The highest BCUT2D eigenvalue weighted by atomic mass is 32.2. The van der Waals surface area contributed by atoms with Crippen LogP contribution >= 0.6 is 35.3 Å². The van der Waals surface area contributed by atoms with Gasteiger partial charge in [-0.15, -0.1) is 23.5 Å². The zero-order valence-corrected chi connectivity index (χ0v) is 14.3. The van der Waals surface area contributed by atoms with Gasteiger partial charge in [-0.3, -0.25) is 9.59 Å². The molecule has 0 aliphatic rings. The van der Waals surface area contributed by atoms with E-state index in [4.69, 9.17) is 10.2 Å². The summed E-state index contributed by atoms with van der Waals surface area (Å²) in [7, 11) is 0. The average Bonchev–Trinajstić information content (AvgIpc) is 2.37. The molecular formula is C13H24O4S3. The van der Waals surface area contributed by atoms with E-state index >= 15 is 0 Å². The van der Waals surface area contributed by atoms with Gasteiger partial charge in [-0.25, -0.2) is 0 Å². The molecule has 0 unspecified atom stereocenters. The molecule has 4 nitrogen and oxygen atoms in total. The SMILES string of the molecule is CSCCCCCC(SCCC(=O)O)SCCC(=O)O. The molecule has 0 aromatic rings. The molecule has 7 heteroatoms. The van der Waals surface area contributed by atoms with Crippen molar-refractivity contribution in [3.05, 3.63) is 0 Å². The monoisotopic (exact) mass is 340 g/mol. The number of carboxylic acids is 2. The third kappa shape index (κ3) is 14.4. The van der Waals surface area contributed by atoms with Crippen LogP contribution in [0.1, 0.15) is 38.5 Å². The van der Waals surface area contributed by atoms with Gasteiger partial charge < -0.3 is 10.2 Å². The maximum absolute atomic E-state index is 10.5. The number of rotatable bonds is 14. The number of hydrogen-bond acceptors (Lipinski definition) is 5. The highest BCUT2D eigenvalue weighted by Gasteiger charge is 2.11. The highest BCUT2D eigenvalue weighted by Crippen LogP contribution is 2.29. The van der Waals surface area contributed by atoms with E-state index in [9.17, 15) is 9.59 Å². The molecule has 0 aromatic heterocycles. The second kappa shape index (κ2) is 13.9. The minimum absolute atomic E-state index is 0.174. The number of hydrogen-bond donors (Lipinski definition) is 2. The van der Waals surface area contributed by atoms with Crippen LogP contribution in [0.15, 0.2) is 0 Å². The molecule has 0 rings (SSSR count). The summed E-state index contributed by atoms with van der Waals surface area (Å²) in [5, 5.41) is 17.3. The quantitative estimate of drug-likeness (QED) is 0.369. The Morgan fingerprint density at radius 3 is 1.90 bits per heavy atom. The molecular weight excluding hydrogens is 316 g/mol. The van der Waals surface area contributed by atoms with Crippen LogP contribution in [0.3, 0.4) is 0 Å². The first-order valence-corrected chi connectivity index (χ1v) is 10.2. The number of carboxylic acid groups (broad SMARTS) is 2. The molecule has 0 aliphatic carbocycles. The Hall–Kier alpha value is -0.0100. The van der Waals surface area contributed by atoms with E-state index in [0.29, 0.717) is 16.1 Å². The molecule has 0 amide bonds. The van der Waals surface area contributed by atoms with Crippen LogP contribution in [0.4, 0.5) is 0 Å². The molecule has 0 bridgehead atoms. The lowest BCUT2D eigenvalue weighted by Gasteiger charge is -2.15. The predicted molar refractivity (Wildman–Crippen MR) is 90.1 cm³/mol. The number of carbonyl (C=O) groups is 2. The van der Waals surface area contributed by atoms with Gasteiger partial charge in [-0.05, 0) is 24.9 Å². The summed E-state index contributed by atoms with van der Waals surface area (Å²) in [5.41, 5.74) is 0. The molecule has 0 atom stereocenters. The van der Waals surface area contributed by atoms with Crippen LogP contribution in [0.25, 0.3) is 0 Å². The summed E-state index contributed by atoms with van der Waals surface area (Å²) in [6.07, 6.45) is 7.02. The standard InChI is InChI=1S/C13H24O4S3/c1-18-8-4-2-3-5-13(19-9-6-11(14)15)20-10-7-12(16)17/h13H,2-10H2,1H3,(H,14,15)(H,16,17). The van der Waals surface area contributed by atoms with Crippen LogP contribution < -0.4 is 0 Å². The van der Waals surface area contributed by atoms with Crippen molar-refractivity contribution < 1.29 is 19.8 Å². The van der Waals surface area contributed by atoms with Gasteiger partial charge >= 0.3 is 11.9 Å². The van der Waals surface area contributed by atoms with Gasteiger partial charge in [0.05, 0.1) is 17.4 Å². The fourth-order valence-corrected chi connectivity index (χ4v) is 4.74. The van der Waals surface area contributed by atoms with Crippen molar-refractivity contribution in [2.75, 3.05) is 23.5 Å². The van der Waals surface area contributed by atoms with Crippen molar-refractivity contribution in [2.24, 2.45) is 0 Å². The fraction of sp³-hybridized carbons (Fsp3) is 0.846. The molecule has 0 aromatic carbocycles. The Labute approximate surface area is 133 Å². The number of aliphatic carboxylic acids is 2. The van der Waals surface area contributed by atoms with Gasteiger partial charge in [0.2, 0.25) is 0 Å². The second-order valence-corrected chi connectivity index (χ2v) is 8.21. The largest absolute Gasteiger partial charge is 0.481 e. The lowest BCUT2D eigenvalue weighted by atomic mass is 10.2. The van der Waals surface area contributed by atoms with Gasteiger partial charge in [0.25, 0.3) is 0 Å². The zero-order chi connectivity index (χ0) is 15.2. The molecule has 0 saturated carbocycles. The molecule has 0 heterocycles. The fourth-order valence-electron chi connectivity index (χ4n) is 1.50. The molecule has 0 fully saturated rings. The first-order chi connectivity index (χ1) is 9.56. The highest BCUT2D eigenvalue weighted by molar-refractivity contribution is 8.17. The smallest absolute Gasteiger partial charge is 0.304 e. The minimum Gasteiger partial charge on any atom is -0.481 e. The number of unbranched alkanes of at least 4 members (excludes halogenated alkanes) is 2. The summed E-state index contributed by atoms with van der Waals surface area (Å²) < 4.78 is 0.322. The van der Waals surface area contributed by atoms with Crippen molar-refractivity contribution >= 4 is 47.2 Å². The molecule has 0 spiro atoms. The van der Waals surface area contributed by atoms with Crippen molar-refractivity contribution in [3.8, 4) is 0 Å². The average molecular weight is 341 g/mol. The molecule has 0 radical (unpaired) electrons. The van der Waals surface area contributed by atoms with Crippen LogP contribution in [-0.4, -0.2) is 50.2 Å². The van der Waals surface area contributed by atoms with E-state index in [2.05, 4.69) is 6.26 Å². The Bertz CT molecular complexity index is 254. The summed E-state index contributed by atoms with van der Waals surface area (Å²) in [4.78, 5) is 21.0. The van der Waals surface area contributed by atoms with E-state index in [1.807, 2.05) is 11.8 Å². The van der Waals surface area contributed by atoms with E-state index < -0.39 is 11.9 Å². The Morgan fingerprint density at radius 1 is 0.900 bits per heavy atom. The third-order valence-corrected chi connectivity index (χ3v) is 6.14. The lowest BCUT2D eigenvalue weighted by molar-refractivity contribution is -0.137. The molecule has 0 aliphatic heterocycles. The van der Waals surface area contributed by atoms with E-state index in [1.165, 1.54) is 18.6 Å². The molecule has 2 N–H and O–H groups in total. The van der Waals surface area contributed by atoms with Crippen LogP contribution in [0.5, 0.6) is 0 Å². The Kier molecular flexibility index (Phi) is 13.9. The van der Waals surface area contributed by atoms with Gasteiger partial charge in [0.1, 0.15) is 0 Å². The van der Waals surface area contributed by atoms with E-state index in [1.54, 1.807) is 23.5 Å². The topological polar surface area (TPSA) is 74.6 Å². The summed E-state index contributed by atoms with van der Waals surface area (Å²) in [6, 6.07) is 0. The van der Waals surface area contributed by atoms with Crippen molar-refractivity contribution in [1.82, 2.24) is 0 Å². The van der Waals surface area contributed by atoms with Crippen LogP contribution in [0, 0.1) is 0 Å².